The molecule has 116 valence electrons. The van der Waals surface area contributed by atoms with E-state index < -0.39 is 5.97 Å². The van der Waals surface area contributed by atoms with E-state index in [0.717, 1.165) is 6.42 Å². The van der Waals surface area contributed by atoms with Gasteiger partial charge in [0, 0.05) is 24.1 Å². The SMILES string of the molecule is Cc1c(O)cccc1C(=O)NCC(CC(=O)O)CC(C)C. The zero-order valence-corrected chi connectivity index (χ0v) is 12.7. The lowest BCUT2D eigenvalue weighted by Gasteiger charge is -2.18. The quantitative estimate of drug-likeness (QED) is 0.721. The van der Waals surface area contributed by atoms with Gasteiger partial charge >= 0.3 is 5.97 Å². The molecule has 1 atom stereocenters. The number of amides is 1. The fourth-order valence-corrected chi connectivity index (χ4v) is 2.35. The largest absolute Gasteiger partial charge is 0.508 e. The summed E-state index contributed by atoms with van der Waals surface area (Å²) in [7, 11) is 0. The Morgan fingerprint density at radius 3 is 2.52 bits per heavy atom. The number of aromatic hydroxyl groups is 1. The third-order valence-electron chi connectivity index (χ3n) is 3.37. The summed E-state index contributed by atoms with van der Waals surface area (Å²) in [6, 6.07) is 4.78. The maximum atomic E-state index is 12.1. The average Bonchev–Trinajstić information content (AvgIpc) is 2.37. The fourth-order valence-electron chi connectivity index (χ4n) is 2.35. The van der Waals surface area contributed by atoms with E-state index in [1.807, 2.05) is 13.8 Å². The summed E-state index contributed by atoms with van der Waals surface area (Å²) in [6.07, 6.45) is 0.781. The average molecular weight is 293 g/mol. The number of hydrogen-bond donors (Lipinski definition) is 3. The van der Waals surface area contributed by atoms with E-state index in [1.165, 1.54) is 6.07 Å². The van der Waals surface area contributed by atoms with Crippen molar-refractivity contribution in [1.29, 1.82) is 0 Å². The predicted molar refractivity (Wildman–Crippen MR) is 80.4 cm³/mol. The van der Waals surface area contributed by atoms with E-state index in [1.54, 1.807) is 19.1 Å². The Kier molecular flexibility index (Phi) is 6.21. The monoisotopic (exact) mass is 293 g/mol. The molecule has 0 aliphatic carbocycles. The van der Waals surface area contributed by atoms with Crippen LogP contribution >= 0.6 is 0 Å². The molecule has 0 aromatic heterocycles. The molecule has 3 N–H and O–H groups in total. The van der Waals surface area contributed by atoms with E-state index in [2.05, 4.69) is 5.32 Å². The second-order valence-electron chi connectivity index (χ2n) is 5.75. The number of benzene rings is 1. The van der Waals surface area contributed by atoms with Crippen LogP contribution < -0.4 is 5.32 Å². The third-order valence-corrected chi connectivity index (χ3v) is 3.37. The van der Waals surface area contributed by atoms with Crippen molar-refractivity contribution in [1.82, 2.24) is 5.32 Å². The molecule has 1 rings (SSSR count). The molecule has 21 heavy (non-hydrogen) atoms. The molecule has 0 saturated heterocycles. The maximum absolute atomic E-state index is 12.1. The minimum absolute atomic E-state index is 0.0392. The summed E-state index contributed by atoms with van der Waals surface area (Å²) >= 11 is 0. The number of phenolic OH excluding ortho intramolecular Hbond substituents is 1. The van der Waals surface area contributed by atoms with Crippen molar-refractivity contribution in [3.8, 4) is 5.75 Å². The highest BCUT2D eigenvalue weighted by Crippen LogP contribution is 2.20. The van der Waals surface area contributed by atoms with Gasteiger partial charge < -0.3 is 15.5 Å². The minimum Gasteiger partial charge on any atom is -0.508 e. The molecule has 1 amide bonds. The standard InChI is InChI=1S/C16H23NO4/c1-10(2)7-12(8-15(19)20)9-17-16(21)13-5-4-6-14(18)11(13)3/h4-6,10,12,18H,7-9H2,1-3H3,(H,17,21)(H,19,20). The highest BCUT2D eigenvalue weighted by Gasteiger charge is 2.17. The lowest BCUT2D eigenvalue weighted by Crippen LogP contribution is -2.31. The van der Waals surface area contributed by atoms with Gasteiger partial charge in [-0.3, -0.25) is 9.59 Å². The smallest absolute Gasteiger partial charge is 0.303 e. The Bertz CT molecular complexity index is 511. The summed E-state index contributed by atoms with van der Waals surface area (Å²) in [6.45, 7) is 6.04. The number of carboxylic acid groups (broad SMARTS) is 1. The van der Waals surface area contributed by atoms with Gasteiger partial charge in [0.15, 0.2) is 0 Å². The molecule has 1 aromatic carbocycles. The third kappa shape index (κ3) is 5.45. The van der Waals surface area contributed by atoms with Crippen molar-refractivity contribution in [2.75, 3.05) is 6.54 Å². The molecule has 0 radical (unpaired) electrons. The summed E-state index contributed by atoms with van der Waals surface area (Å²) in [4.78, 5) is 23.0. The lowest BCUT2D eigenvalue weighted by molar-refractivity contribution is -0.138. The molecule has 0 bridgehead atoms. The van der Waals surface area contributed by atoms with E-state index in [0.29, 0.717) is 23.6 Å². The van der Waals surface area contributed by atoms with Crippen molar-refractivity contribution < 1.29 is 19.8 Å². The number of carbonyl (C=O) groups is 2. The van der Waals surface area contributed by atoms with Crippen LogP contribution in [0.2, 0.25) is 0 Å². The van der Waals surface area contributed by atoms with Crippen molar-refractivity contribution in [2.24, 2.45) is 11.8 Å². The molecule has 0 spiro atoms. The second kappa shape index (κ2) is 7.67. The summed E-state index contributed by atoms with van der Waals surface area (Å²) in [5, 5.41) is 21.3. The van der Waals surface area contributed by atoms with Gasteiger partial charge in [-0.15, -0.1) is 0 Å². The number of rotatable bonds is 7. The summed E-state index contributed by atoms with van der Waals surface area (Å²) in [5.74, 6) is -0.796. The first-order valence-electron chi connectivity index (χ1n) is 7.09. The van der Waals surface area contributed by atoms with Gasteiger partial charge in [0.2, 0.25) is 0 Å². The van der Waals surface area contributed by atoms with Crippen molar-refractivity contribution in [3.63, 3.8) is 0 Å². The molecular formula is C16H23NO4. The highest BCUT2D eigenvalue weighted by molar-refractivity contribution is 5.96. The van der Waals surface area contributed by atoms with Crippen LogP contribution in [0.3, 0.4) is 0 Å². The van der Waals surface area contributed by atoms with Crippen molar-refractivity contribution in [3.05, 3.63) is 29.3 Å². The van der Waals surface area contributed by atoms with E-state index in [9.17, 15) is 14.7 Å². The van der Waals surface area contributed by atoms with Crippen LogP contribution in [-0.4, -0.2) is 28.6 Å². The van der Waals surface area contributed by atoms with Crippen molar-refractivity contribution >= 4 is 11.9 Å². The van der Waals surface area contributed by atoms with E-state index in [-0.39, 0.29) is 24.0 Å². The Labute approximate surface area is 125 Å². The number of aliphatic carboxylic acids is 1. The summed E-state index contributed by atoms with van der Waals surface area (Å²) < 4.78 is 0. The van der Waals surface area contributed by atoms with Gasteiger partial charge in [-0.2, -0.15) is 0 Å². The van der Waals surface area contributed by atoms with Crippen molar-refractivity contribution in [2.45, 2.75) is 33.6 Å². The van der Waals surface area contributed by atoms with Crippen LogP contribution in [-0.2, 0) is 4.79 Å². The predicted octanol–water partition coefficient (Wildman–Crippen LogP) is 2.57. The second-order valence-corrected chi connectivity index (χ2v) is 5.75. The first-order valence-corrected chi connectivity index (χ1v) is 7.09. The fraction of sp³-hybridized carbons (Fsp3) is 0.500. The Hall–Kier alpha value is -2.04. The number of carbonyl (C=O) groups excluding carboxylic acids is 1. The summed E-state index contributed by atoms with van der Waals surface area (Å²) in [5.41, 5.74) is 0.933. The van der Waals surface area contributed by atoms with Crippen LogP contribution in [0.1, 0.15) is 42.6 Å². The van der Waals surface area contributed by atoms with Crippen LogP contribution in [0.25, 0.3) is 0 Å². The van der Waals surface area contributed by atoms with Gasteiger partial charge in [-0.05, 0) is 37.3 Å². The number of phenols is 1. The number of nitrogens with one attached hydrogen (secondary N) is 1. The topological polar surface area (TPSA) is 86.6 Å². The molecule has 0 fully saturated rings. The van der Waals surface area contributed by atoms with Crippen LogP contribution in [0.4, 0.5) is 0 Å². The van der Waals surface area contributed by atoms with Crippen LogP contribution in [0.5, 0.6) is 5.75 Å². The number of carboxylic acids is 1. The molecule has 0 aliphatic heterocycles. The Morgan fingerprint density at radius 1 is 1.29 bits per heavy atom. The highest BCUT2D eigenvalue weighted by atomic mass is 16.4. The molecule has 0 aliphatic rings. The van der Waals surface area contributed by atoms with Crippen LogP contribution in [0, 0.1) is 18.8 Å². The maximum Gasteiger partial charge on any atom is 0.303 e. The molecule has 0 saturated carbocycles. The Balaban J connectivity index is 2.68. The molecule has 5 nitrogen and oxygen atoms in total. The van der Waals surface area contributed by atoms with E-state index >= 15 is 0 Å². The minimum atomic E-state index is -0.858. The Morgan fingerprint density at radius 2 is 1.95 bits per heavy atom. The van der Waals surface area contributed by atoms with Gasteiger partial charge in [-0.1, -0.05) is 19.9 Å². The normalized spacial score (nSPS) is 12.2. The molecular weight excluding hydrogens is 270 g/mol. The van der Waals surface area contributed by atoms with Gasteiger partial charge in [-0.25, -0.2) is 0 Å². The van der Waals surface area contributed by atoms with Gasteiger partial charge in [0.25, 0.3) is 5.91 Å². The lowest BCUT2D eigenvalue weighted by atomic mass is 9.94. The molecule has 1 unspecified atom stereocenters. The van der Waals surface area contributed by atoms with Crippen LogP contribution in [0.15, 0.2) is 18.2 Å². The zero-order chi connectivity index (χ0) is 16.0. The van der Waals surface area contributed by atoms with E-state index in [4.69, 9.17) is 5.11 Å². The van der Waals surface area contributed by atoms with Gasteiger partial charge in [0.05, 0.1) is 0 Å². The first-order chi connectivity index (χ1) is 9.81. The zero-order valence-electron chi connectivity index (χ0n) is 12.7. The van der Waals surface area contributed by atoms with Gasteiger partial charge in [0.1, 0.15) is 5.75 Å². The molecule has 1 aromatic rings. The first kappa shape index (κ1) is 17.0. The number of hydrogen-bond acceptors (Lipinski definition) is 3. The molecule has 5 heteroatoms. The molecule has 0 heterocycles.